The molecule has 2 aromatic carbocycles. The van der Waals surface area contributed by atoms with E-state index in [2.05, 4.69) is 4.99 Å². The molecule has 0 fully saturated rings. The predicted molar refractivity (Wildman–Crippen MR) is 82.9 cm³/mol. The van der Waals surface area contributed by atoms with Crippen molar-refractivity contribution in [3.63, 3.8) is 0 Å². The van der Waals surface area contributed by atoms with E-state index in [0.29, 0.717) is 22.8 Å². The molecule has 0 aliphatic carbocycles. The maximum absolute atomic E-state index is 13.3. The van der Waals surface area contributed by atoms with Crippen molar-refractivity contribution in [3.8, 4) is 5.75 Å². The van der Waals surface area contributed by atoms with Crippen molar-refractivity contribution >= 4 is 22.6 Å². The summed E-state index contributed by atoms with van der Waals surface area (Å²) in [5.74, 6) is -1.95. The molecule has 1 amide bonds. The summed E-state index contributed by atoms with van der Waals surface area (Å²) in [6.45, 7) is 0. The van der Waals surface area contributed by atoms with Crippen molar-refractivity contribution in [1.82, 2.24) is 0 Å². The van der Waals surface area contributed by atoms with Crippen LogP contribution in [-0.4, -0.2) is 13.0 Å². The molecule has 3 rings (SSSR count). The van der Waals surface area contributed by atoms with E-state index in [1.807, 2.05) is 0 Å². The average molecular weight is 330 g/mol. The van der Waals surface area contributed by atoms with Gasteiger partial charge in [0.15, 0.2) is 11.3 Å². The van der Waals surface area contributed by atoms with Crippen LogP contribution in [0.2, 0.25) is 0 Å². The third-order valence-electron chi connectivity index (χ3n) is 3.30. The molecular weight excluding hydrogens is 318 g/mol. The zero-order valence-corrected chi connectivity index (χ0v) is 12.5. The fourth-order valence-corrected chi connectivity index (χ4v) is 2.27. The summed E-state index contributed by atoms with van der Waals surface area (Å²) in [5, 5.41) is 0.576. The third-order valence-corrected chi connectivity index (χ3v) is 3.30. The van der Waals surface area contributed by atoms with Gasteiger partial charge in [-0.2, -0.15) is 0 Å². The maximum Gasteiger partial charge on any atom is 0.254 e. The van der Waals surface area contributed by atoms with Crippen molar-refractivity contribution in [1.29, 1.82) is 0 Å². The van der Waals surface area contributed by atoms with E-state index >= 15 is 0 Å². The Bertz CT molecular complexity index is 992. The number of nitrogens with zero attached hydrogens (tertiary/aromatic N) is 1. The SMILES string of the molecule is COc1cccc2cc(C(N)=O)c(=Nc3cc(F)cc(F)c3)oc12. The molecule has 1 heterocycles. The van der Waals surface area contributed by atoms with E-state index < -0.39 is 17.5 Å². The van der Waals surface area contributed by atoms with Gasteiger partial charge in [0.05, 0.1) is 12.8 Å². The maximum atomic E-state index is 13.3. The molecule has 0 radical (unpaired) electrons. The molecule has 2 N–H and O–H groups in total. The third kappa shape index (κ3) is 2.96. The number of benzene rings is 2. The van der Waals surface area contributed by atoms with Gasteiger partial charge in [-0.05, 0) is 24.3 Å². The highest BCUT2D eigenvalue weighted by Crippen LogP contribution is 2.25. The number of para-hydroxylation sites is 1. The first kappa shape index (κ1) is 15.7. The summed E-state index contributed by atoms with van der Waals surface area (Å²) in [7, 11) is 1.46. The molecule has 122 valence electrons. The summed E-state index contributed by atoms with van der Waals surface area (Å²) < 4.78 is 37.5. The zero-order valence-electron chi connectivity index (χ0n) is 12.5. The van der Waals surface area contributed by atoms with Gasteiger partial charge in [0.2, 0.25) is 5.55 Å². The van der Waals surface area contributed by atoms with Crippen molar-refractivity contribution in [3.05, 3.63) is 65.2 Å². The number of fused-ring (bicyclic) bond motifs is 1. The van der Waals surface area contributed by atoms with Gasteiger partial charge in [-0.3, -0.25) is 4.79 Å². The van der Waals surface area contributed by atoms with Gasteiger partial charge in [-0.25, -0.2) is 13.8 Å². The molecule has 0 atom stereocenters. The van der Waals surface area contributed by atoms with Crippen LogP contribution in [-0.2, 0) is 0 Å². The number of nitrogens with two attached hydrogens (primary N) is 1. The average Bonchev–Trinajstić information content (AvgIpc) is 2.52. The zero-order chi connectivity index (χ0) is 17.3. The highest BCUT2D eigenvalue weighted by molar-refractivity contribution is 5.96. The second kappa shape index (κ2) is 6.11. The molecule has 3 aromatic rings. The Morgan fingerprint density at radius 3 is 2.50 bits per heavy atom. The number of hydrogen-bond donors (Lipinski definition) is 1. The van der Waals surface area contributed by atoms with Gasteiger partial charge >= 0.3 is 0 Å². The monoisotopic (exact) mass is 330 g/mol. The number of halogens is 2. The van der Waals surface area contributed by atoms with E-state index in [-0.39, 0.29) is 16.8 Å². The van der Waals surface area contributed by atoms with Crippen LogP contribution >= 0.6 is 0 Å². The van der Waals surface area contributed by atoms with E-state index in [0.717, 1.165) is 12.1 Å². The van der Waals surface area contributed by atoms with Crippen LogP contribution in [0.1, 0.15) is 10.4 Å². The number of hydrogen-bond acceptors (Lipinski definition) is 4. The molecule has 0 aliphatic rings. The summed E-state index contributed by atoms with van der Waals surface area (Å²) in [5.41, 5.74) is 5.46. The second-order valence-corrected chi connectivity index (χ2v) is 4.95. The first-order valence-corrected chi connectivity index (χ1v) is 6.89. The Morgan fingerprint density at radius 2 is 1.88 bits per heavy atom. The number of carbonyl (C=O) groups is 1. The lowest BCUT2D eigenvalue weighted by Gasteiger charge is -2.06. The van der Waals surface area contributed by atoms with Gasteiger partial charge in [-0.15, -0.1) is 0 Å². The highest BCUT2D eigenvalue weighted by atomic mass is 19.1. The minimum atomic E-state index is -0.798. The van der Waals surface area contributed by atoms with E-state index in [1.54, 1.807) is 18.2 Å². The Labute approximate surface area is 135 Å². The fourth-order valence-electron chi connectivity index (χ4n) is 2.27. The Morgan fingerprint density at radius 1 is 1.17 bits per heavy atom. The Hall–Kier alpha value is -3.22. The van der Waals surface area contributed by atoms with Crippen LogP contribution in [0.5, 0.6) is 5.75 Å². The van der Waals surface area contributed by atoms with Crippen molar-refractivity contribution in [2.45, 2.75) is 0 Å². The molecule has 5 nitrogen and oxygen atoms in total. The van der Waals surface area contributed by atoms with E-state index in [9.17, 15) is 13.6 Å². The lowest BCUT2D eigenvalue weighted by atomic mass is 10.1. The molecule has 0 spiro atoms. The molecule has 0 bridgehead atoms. The number of rotatable bonds is 3. The second-order valence-electron chi connectivity index (χ2n) is 4.95. The summed E-state index contributed by atoms with van der Waals surface area (Å²) in [6.07, 6.45) is 0. The largest absolute Gasteiger partial charge is 0.493 e. The molecule has 7 heteroatoms. The first-order valence-electron chi connectivity index (χ1n) is 6.89. The Balaban J connectivity index is 2.34. The number of carbonyl (C=O) groups excluding carboxylic acids is 1. The summed E-state index contributed by atoms with van der Waals surface area (Å²) in [6, 6.07) is 9.32. The van der Waals surface area contributed by atoms with Crippen LogP contribution in [0.3, 0.4) is 0 Å². The van der Waals surface area contributed by atoms with Gasteiger partial charge < -0.3 is 14.9 Å². The Kier molecular flexibility index (Phi) is 3.99. The number of amides is 1. The quantitative estimate of drug-likeness (QED) is 0.802. The summed E-state index contributed by atoms with van der Waals surface area (Å²) in [4.78, 5) is 15.7. The topological polar surface area (TPSA) is 77.8 Å². The normalized spacial score (nSPS) is 11.7. The van der Waals surface area contributed by atoms with Crippen LogP contribution < -0.4 is 16.0 Å². The van der Waals surface area contributed by atoms with Gasteiger partial charge in [0.25, 0.3) is 5.91 Å². The van der Waals surface area contributed by atoms with Crippen LogP contribution in [0.25, 0.3) is 11.0 Å². The van der Waals surface area contributed by atoms with Crippen LogP contribution in [0.4, 0.5) is 14.5 Å². The summed E-state index contributed by atoms with van der Waals surface area (Å²) >= 11 is 0. The number of primary amides is 1. The number of ether oxygens (including phenoxy) is 1. The molecule has 1 aromatic heterocycles. The van der Waals surface area contributed by atoms with Gasteiger partial charge in [0.1, 0.15) is 17.2 Å². The van der Waals surface area contributed by atoms with Crippen LogP contribution in [0.15, 0.2) is 51.9 Å². The van der Waals surface area contributed by atoms with E-state index in [4.69, 9.17) is 14.9 Å². The molecule has 0 aliphatic heterocycles. The fraction of sp³-hybridized carbons (Fsp3) is 0.0588. The molecular formula is C17H12F2N2O3. The smallest absolute Gasteiger partial charge is 0.254 e. The predicted octanol–water partition coefficient (Wildman–Crippen LogP) is 3.05. The van der Waals surface area contributed by atoms with E-state index in [1.165, 1.54) is 13.2 Å². The standard InChI is InChI=1S/C17H12F2N2O3/c1-23-14-4-2-3-9-5-13(16(20)22)17(24-15(9)14)21-12-7-10(18)6-11(19)8-12/h2-8H,1H3,(H2,20,22). The van der Waals surface area contributed by atoms with Gasteiger partial charge in [-0.1, -0.05) is 12.1 Å². The highest BCUT2D eigenvalue weighted by Gasteiger charge is 2.12. The molecule has 0 saturated heterocycles. The van der Waals surface area contributed by atoms with Crippen molar-refractivity contribution in [2.75, 3.05) is 7.11 Å². The molecule has 0 saturated carbocycles. The number of methoxy groups -OCH3 is 1. The minimum absolute atomic E-state index is 0.0135. The van der Waals surface area contributed by atoms with Crippen molar-refractivity contribution < 1.29 is 22.7 Å². The lowest BCUT2D eigenvalue weighted by Crippen LogP contribution is -2.21. The molecule has 24 heavy (non-hydrogen) atoms. The molecule has 0 unspecified atom stereocenters. The lowest BCUT2D eigenvalue weighted by molar-refractivity contribution is 0.0996. The van der Waals surface area contributed by atoms with Crippen molar-refractivity contribution in [2.24, 2.45) is 10.7 Å². The van der Waals surface area contributed by atoms with Crippen LogP contribution in [0, 0.1) is 11.6 Å². The first-order chi connectivity index (χ1) is 11.5. The van der Waals surface area contributed by atoms with Gasteiger partial charge in [0, 0.05) is 11.5 Å². The minimum Gasteiger partial charge on any atom is -0.493 e.